The zero-order chi connectivity index (χ0) is 21.4. The number of ether oxygens (including phenoxy) is 1. The van der Waals surface area contributed by atoms with Crippen LogP contribution < -0.4 is 4.74 Å². The SMILES string of the molecule is CCC(C)(C)[C@@H]1CCC2=NN(C(=O)COc3ccccc3)[C@](O)(C(F)(F)F)[C@@H]2C1. The van der Waals surface area contributed by atoms with Crippen LogP contribution in [0.5, 0.6) is 5.75 Å². The molecule has 0 radical (unpaired) electrons. The molecule has 1 aromatic rings. The van der Waals surface area contributed by atoms with Gasteiger partial charge in [-0.25, -0.2) is 0 Å². The minimum atomic E-state index is -5.04. The highest BCUT2D eigenvalue weighted by Gasteiger charge is 2.69. The predicted molar refractivity (Wildman–Crippen MR) is 102 cm³/mol. The number of rotatable bonds is 5. The molecule has 160 valence electrons. The first-order valence-electron chi connectivity index (χ1n) is 9.88. The molecule has 29 heavy (non-hydrogen) atoms. The second-order valence-corrected chi connectivity index (χ2v) is 8.49. The van der Waals surface area contributed by atoms with Gasteiger partial charge in [0.15, 0.2) is 6.61 Å². The van der Waals surface area contributed by atoms with Crippen LogP contribution in [-0.2, 0) is 4.79 Å². The van der Waals surface area contributed by atoms with Gasteiger partial charge in [-0.2, -0.15) is 23.3 Å². The highest BCUT2D eigenvalue weighted by atomic mass is 19.4. The third kappa shape index (κ3) is 3.86. The number of nitrogens with zero attached hydrogens (tertiary/aromatic N) is 2. The zero-order valence-electron chi connectivity index (χ0n) is 16.9. The lowest BCUT2D eigenvalue weighted by Gasteiger charge is -2.43. The van der Waals surface area contributed by atoms with Crippen molar-refractivity contribution in [3.63, 3.8) is 0 Å². The molecule has 1 amide bonds. The molecule has 0 bridgehead atoms. The van der Waals surface area contributed by atoms with Crippen LogP contribution in [-0.4, -0.2) is 40.2 Å². The van der Waals surface area contributed by atoms with Crippen molar-refractivity contribution in [3.05, 3.63) is 30.3 Å². The van der Waals surface area contributed by atoms with E-state index in [9.17, 15) is 23.1 Å². The molecule has 1 aliphatic carbocycles. The van der Waals surface area contributed by atoms with Crippen LogP contribution in [0.15, 0.2) is 35.4 Å². The largest absolute Gasteiger partial charge is 0.484 e. The number of carbonyl (C=O) groups is 1. The Kier molecular flexibility index (Phi) is 5.69. The van der Waals surface area contributed by atoms with E-state index < -0.39 is 30.3 Å². The molecule has 1 heterocycles. The molecule has 0 unspecified atom stereocenters. The average molecular weight is 412 g/mol. The number of para-hydroxylation sites is 1. The zero-order valence-corrected chi connectivity index (χ0v) is 16.9. The van der Waals surface area contributed by atoms with Crippen LogP contribution in [0.25, 0.3) is 0 Å². The van der Waals surface area contributed by atoms with E-state index in [0.29, 0.717) is 18.6 Å². The van der Waals surface area contributed by atoms with Gasteiger partial charge in [-0.15, -0.1) is 0 Å². The molecule has 0 spiro atoms. The lowest BCUT2D eigenvalue weighted by Crippen LogP contribution is -2.62. The number of carbonyl (C=O) groups excluding carboxylic acids is 1. The summed E-state index contributed by atoms with van der Waals surface area (Å²) in [5.41, 5.74) is -3.27. The minimum absolute atomic E-state index is 0.000876. The average Bonchev–Trinajstić information content (AvgIpc) is 3.00. The number of benzene rings is 1. The Hall–Kier alpha value is -2.09. The summed E-state index contributed by atoms with van der Waals surface area (Å²) in [6, 6.07) is 8.31. The van der Waals surface area contributed by atoms with Gasteiger partial charge >= 0.3 is 6.18 Å². The fraction of sp³-hybridized carbons (Fsp3) is 0.619. The van der Waals surface area contributed by atoms with Crippen molar-refractivity contribution in [1.29, 1.82) is 0 Å². The lowest BCUT2D eigenvalue weighted by atomic mass is 9.64. The van der Waals surface area contributed by atoms with Gasteiger partial charge in [-0.05, 0) is 42.7 Å². The maximum Gasteiger partial charge on any atom is 0.439 e. The van der Waals surface area contributed by atoms with Crippen LogP contribution in [0.3, 0.4) is 0 Å². The van der Waals surface area contributed by atoms with Gasteiger partial charge in [0, 0.05) is 5.71 Å². The maximum absolute atomic E-state index is 14.0. The van der Waals surface area contributed by atoms with E-state index in [1.54, 1.807) is 30.3 Å². The summed E-state index contributed by atoms with van der Waals surface area (Å²) in [6.45, 7) is 5.41. The van der Waals surface area contributed by atoms with Crippen LogP contribution in [0.1, 0.15) is 46.5 Å². The van der Waals surface area contributed by atoms with Crippen molar-refractivity contribution < 1.29 is 27.8 Å². The number of alkyl halides is 3. The number of aliphatic hydroxyl groups is 1. The summed E-state index contributed by atoms with van der Waals surface area (Å²) in [7, 11) is 0. The molecular weight excluding hydrogens is 385 g/mol. The topological polar surface area (TPSA) is 62.1 Å². The Bertz CT molecular complexity index is 779. The van der Waals surface area contributed by atoms with Crippen molar-refractivity contribution in [2.75, 3.05) is 6.61 Å². The third-order valence-corrected chi connectivity index (χ3v) is 6.48. The van der Waals surface area contributed by atoms with Gasteiger partial charge in [-0.3, -0.25) is 4.79 Å². The Balaban J connectivity index is 1.84. The van der Waals surface area contributed by atoms with Crippen LogP contribution >= 0.6 is 0 Å². The molecule has 1 N–H and O–H groups in total. The molecule has 8 heteroatoms. The summed E-state index contributed by atoms with van der Waals surface area (Å²) in [5.74, 6) is -1.93. The molecule has 1 saturated carbocycles. The van der Waals surface area contributed by atoms with E-state index in [4.69, 9.17) is 4.74 Å². The van der Waals surface area contributed by atoms with Gasteiger partial charge in [0.1, 0.15) is 5.75 Å². The van der Waals surface area contributed by atoms with Gasteiger partial charge in [0.25, 0.3) is 11.6 Å². The molecule has 0 saturated heterocycles. The molecule has 1 fully saturated rings. The summed E-state index contributed by atoms with van der Waals surface area (Å²) in [6.07, 6.45) is -3.06. The number of amides is 1. The first-order valence-corrected chi connectivity index (χ1v) is 9.88. The van der Waals surface area contributed by atoms with Crippen LogP contribution in [0.2, 0.25) is 0 Å². The highest BCUT2D eigenvalue weighted by molar-refractivity contribution is 5.93. The second-order valence-electron chi connectivity index (χ2n) is 8.49. The minimum Gasteiger partial charge on any atom is -0.484 e. The van der Waals surface area contributed by atoms with Gasteiger partial charge in [-0.1, -0.05) is 45.4 Å². The smallest absolute Gasteiger partial charge is 0.439 e. The molecule has 3 atom stereocenters. The van der Waals surface area contributed by atoms with Crippen molar-refractivity contribution >= 4 is 11.6 Å². The monoisotopic (exact) mass is 412 g/mol. The summed E-state index contributed by atoms with van der Waals surface area (Å²) >= 11 is 0. The second kappa shape index (κ2) is 7.63. The summed E-state index contributed by atoms with van der Waals surface area (Å²) < 4.78 is 47.4. The van der Waals surface area contributed by atoms with Crippen LogP contribution in [0, 0.1) is 17.3 Å². The number of hydrogen-bond acceptors (Lipinski definition) is 4. The molecule has 2 aliphatic rings. The van der Waals surface area contributed by atoms with Crippen molar-refractivity contribution in [2.24, 2.45) is 22.4 Å². The van der Waals surface area contributed by atoms with Crippen LogP contribution in [0.4, 0.5) is 13.2 Å². The maximum atomic E-state index is 14.0. The fourth-order valence-corrected chi connectivity index (χ4v) is 4.19. The quantitative estimate of drug-likeness (QED) is 0.781. The lowest BCUT2D eigenvalue weighted by molar-refractivity contribution is -0.318. The first-order chi connectivity index (χ1) is 13.5. The van der Waals surface area contributed by atoms with Crippen molar-refractivity contribution in [2.45, 2.75) is 58.4 Å². The van der Waals surface area contributed by atoms with E-state index >= 15 is 0 Å². The summed E-state index contributed by atoms with van der Waals surface area (Å²) in [5, 5.41) is 15.0. The molecule has 3 rings (SSSR count). The molecule has 1 aliphatic heterocycles. The number of hydrazone groups is 1. The van der Waals surface area contributed by atoms with Crippen molar-refractivity contribution in [1.82, 2.24) is 5.01 Å². The normalized spacial score (nSPS) is 27.4. The van der Waals surface area contributed by atoms with E-state index in [0.717, 1.165) is 6.42 Å². The predicted octanol–water partition coefficient (Wildman–Crippen LogP) is 4.37. The van der Waals surface area contributed by atoms with E-state index in [-0.39, 0.29) is 28.5 Å². The number of hydrogen-bond donors (Lipinski definition) is 1. The summed E-state index contributed by atoms with van der Waals surface area (Å²) in [4.78, 5) is 12.6. The Morgan fingerprint density at radius 2 is 1.97 bits per heavy atom. The van der Waals surface area contributed by atoms with Gasteiger partial charge in [0.2, 0.25) is 0 Å². The highest BCUT2D eigenvalue weighted by Crippen LogP contribution is 2.52. The number of fused-ring (bicyclic) bond motifs is 1. The first kappa shape index (κ1) is 21.6. The molecule has 1 aromatic carbocycles. The third-order valence-electron chi connectivity index (χ3n) is 6.48. The van der Waals surface area contributed by atoms with Crippen molar-refractivity contribution in [3.8, 4) is 5.75 Å². The number of halogens is 3. The Morgan fingerprint density at radius 3 is 2.55 bits per heavy atom. The van der Waals surface area contributed by atoms with E-state index in [2.05, 4.69) is 5.10 Å². The van der Waals surface area contributed by atoms with E-state index in [1.165, 1.54) is 0 Å². The van der Waals surface area contributed by atoms with Gasteiger partial charge in [0.05, 0.1) is 5.92 Å². The molecule has 0 aromatic heterocycles. The Labute approximate surface area is 168 Å². The molecule has 5 nitrogen and oxygen atoms in total. The molecular formula is C21H27F3N2O3. The Morgan fingerprint density at radius 1 is 1.31 bits per heavy atom. The standard InChI is InChI=1S/C21H27F3N2O3/c1-4-19(2,3)14-10-11-17-16(12-14)20(28,21(22,23)24)26(25-17)18(27)13-29-15-8-6-5-7-9-15/h5-9,14,16,28H,4,10-13H2,1-3H3/t14-,16-,20-/m1/s1. The fourth-order valence-electron chi connectivity index (χ4n) is 4.19. The van der Waals surface area contributed by atoms with Gasteiger partial charge < -0.3 is 9.84 Å². The van der Waals surface area contributed by atoms with E-state index in [1.807, 2.05) is 20.8 Å².